The first-order chi connectivity index (χ1) is 9.20. The van der Waals surface area contributed by atoms with Crippen LogP contribution in [-0.4, -0.2) is 14.1 Å². The van der Waals surface area contributed by atoms with Gasteiger partial charge in [-0.2, -0.15) is 0 Å². The average Bonchev–Trinajstić information content (AvgIpc) is 2.77. The van der Waals surface area contributed by atoms with E-state index in [0.717, 1.165) is 0 Å². The van der Waals surface area contributed by atoms with Gasteiger partial charge in [0, 0.05) is 28.2 Å². The third-order valence-electron chi connectivity index (χ3n) is 3.38. The van der Waals surface area contributed by atoms with Crippen LogP contribution in [0.5, 0.6) is 0 Å². The molecule has 1 atom stereocenters. The fraction of sp³-hybridized carbons (Fsp3) is 0.200. The molecule has 0 fully saturated rings. The van der Waals surface area contributed by atoms with E-state index in [9.17, 15) is 0 Å². The normalized spacial score (nSPS) is 17.4. The number of hydrogen-bond donors (Lipinski definition) is 1. The van der Waals surface area contributed by atoms with Gasteiger partial charge in [-0.15, -0.1) is 0 Å². The van der Waals surface area contributed by atoms with Crippen LogP contribution in [0.15, 0.2) is 47.4 Å². The van der Waals surface area contributed by atoms with Crippen LogP contribution >= 0.6 is 34.4 Å². The van der Waals surface area contributed by atoms with Gasteiger partial charge in [-0.1, -0.05) is 30.0 Å². The fourth-order valence-corrected chi connectivity index (χ4v) is 4.45. The van der Waals surface area contributed by atoms with Crippen molar-refractivity contribution in [3.63, 3.8) is 0 Å². The molecular weight excluding hydrogens is 367 g/mol. The molecule has 1 unspecified atom stereocenters. The summed E-state index contributed by atoms with van der Waals surface area (Å²) >= 11 is 4.31. The molecule has 1 heterocycles. The highest BCUT2D eigenvalue weighted by Gasteiger charge is 2.28. The highest BCUT2D eigenvalue weighted by molar-refractivity contribution is 14.1. The molecule has 0 saturated heterocycles. The van der Waals surface area contributed by atoms with Crippen molar-refractivity contribution in [1.29, 1.82) is 0 Å². The third kappa shape index (κ3) is 2.31. The molecular formula is C15H15IN2S. The maximum Gasteiger partial charge on any atom is 0.105 e. The van der Waals surface area contributed by atoms with Gasteiger partial charge in [-0.3, -0.25) is 0 Å². The fourth-order valence-electron chi connectivity index (χ4n) is 2.35. The summed E-state index contributed by atoms with van der Waals surface area (Å²) in [4.78, 5) is 3.72. The van der Waals surface area contributed by atoms with Gasteiger partial charge in [-0.05, 0) is 52.4 Å². The van der Waals surface area contributed by atoms with Crippen LogP contribution in [0, 0.1) is 3.57 Å². The molecule has 0 aliphatic carbocycles. The summed E-state index contributed by atoms with van der Waals surface area (Å²) in [6, 6.07) is 15.2. The Morgan fingerprint density at radius 3 is 2.68 bits per heavy atom. The van der Waals surface area contributed by atoms with Crippen molar-refractivity contribution < 1.29 is 0 Å². The molecule has 1 N–H and O–H groups in total. The van der Waals surface area contributed by atoms with Crippen molar-refractivity contribution in [3.8, 4) is 0 Å². The van der Waals surface area contributed by atoms with E-state index in [-0.39, 0.29) is 0 Å². The number of anilines is 2. The molecule has 2 aromatic rings. The lowest BCUT2D eigenvalue weighted by Gasteiger charge is -2.22. The second-order valence-corrected chi connectivity index (χ2v) is 6.82. The summed E-state index contributed by atoms with van der Waals surface area (Å²) in [6.45, 7) is 0. The molecule has 3 rings (SSSR count). The zero-order chi connectivity index (χ0) is 13.4. The molecule has 0 spiro atoms. The Morgan fingerprint density at radius 2 is 2.00 bits per heavy atom. The Bertz CT molecular complexity index is 615. The Kier molecular flexibility index (Phi) is 3.62. The van der Waals surface area contributed by atoms with E-state index in [1.54, 1.807) is 0 Å². The predicted molar refractivity (Wildman–Crippen MR) is 92.1 cm³/mol. The molecule has 0 amide bonds. The molecule has 0 radical (unpaired) electrons. The quantitative estimate of drug-likeness (QED) is 0.766. The zero-order valence-electron chi connectivity index (χ0n) is 10.9. The van der Waals surface area contributed by atoms with Crippen molar-refractivity contribution in [1.82, 2.24) is 0 Å². The van der Waals surface area contributed by atoms with E-state index in [1.807, 2.05) is 18.8 Å². The Balaban J connectivity index is 1.95. The van der Waals surface area contributed by atoms with Gasteiger partial charge in [0.2, 0.25) is 0 Å². The van der Waals surface area contributed by atoms with Crippen molar-refractivity contribution in [2.75, 3.05) is 24.3 Å². The maximum absolute atomic E-state index is 3.21. The summed E-state index contributed by atoms with van der Waals surface area (Å²) in [5.41, 5.74) is 3.87. The number of hydrogen-bond acceptors (Lipinski definition) is 3. The number of fused-ring (bicyclic) bond motifs is 1. The molecule has 2 aromatic carbocycles. The van der Waals surface area contributed by atoms with Crippen molar-refractivity contribution in [3.05, 3.63) is 51.6 Å². The smallest absolute Gasteiger partial charge is 0.105 e. The van der Waals surface area contributed by atoms with E-state index in [2.05, 4.69) is 82.3 Å². The van der Waals surface area contributed by atoms with Gasteiger partial charge in [0.15, 0.2) is 0 Å². The highest BCUT2D eigenvalue weighted by atomic mass is 127. The number of rotatable bonds is 2. The Morgan fingerprint density at radius 1 is 1.21 bits per heavy atom. The van der Waals surface area contributed by atoms with E-state index >= 15 is 0 Å². The van der Waals surface area contributed by atoms with Crippen LogP contribution < -0.4 is 10.2 Å². The molecule has 1 aliphatic rings. The number of para-hydroxylation sites is 1. The Labute approximate surface area is 131 Å². The summed E-state index contributed by atoms with van der Waals surface area (Å²) in [6.07, 6.45) is 0. The molecule has 0 aromatic heterocycles. The van der Waals surface area contributed by atoms with Gasteiger partial charge in [0.05, 0.1) is 5.69 Å². The van der Waals surface area contributed by atoms with Crippen LogP contribution in [0.1, 0.15) is 10.9 Å². The molecule has 0 saturated carbocycles. The summed E-state index contributed by atoms with van der Waals surface area (Å²) in [5.74, 6) is 0. The SMILES string of the molecule is CNc1ccc(C2Sc3ccccc3N2C)cc1I. The van der Waals surface area contributed by atoms with Gasteiger partial charge >= 0.3 is 0 Å². The highest BCUT2D eigenvalue weighted by Crippen LogP contribution is 2.50. The number of halogens is 1. The van der Waals surface area contributed by atoms with Crippen LogP contribution in [-0.2, 0) is 0 Å². The maximum atomic E-state index is 3.21. The van der Waals surface area contributed by atoms with Gasteiger partial charge in [-0.25, -0.2) is 0 Å². The van der Waals surface area contributed by atoms with Crippen LogP contribution in [0.25, 0.3) is 0 Å². The number of thioether (sulfide) groups is 1. The monoisotopic (exact) mass is 382 g/mol. The molecule has 4 heteroatoms. The zero-order valence-corrected chi connectivity index (χ0v) is 13.8. The van der Waals surface area contributed by atoms with Crippen LogP contribution in [0.2, 0.25) is 0 Å². The van der Waals surface area contributed by atoms with Gasteiger partial charge < -0.3 is 10.2 Å². The second-order valence-electron chi connectivity index (χ2n) is 4.54. The lowest BCUT2D eigenvalue weighted by atomic mass is 10.2. The summed E-state index contributed by atoms with van der Waals surface area (Å²) in [5, 5.41) is 3.59. The lowest BCUT2D eigenvalue weighted by molar-refractivity contribution is 0.913. The summed E-state index contributed by atoms with van der Waals surface area (Å²) < 4.78 is 1.27. The van der Waals surface area contributed by atoms with Crippen molar-refractivity contribution in [2.45, 2.75) is 10.3 Å². The first-order valence-electron chi connectivity index (χ1n) is 6.16. The van der Waals surface area contributed by atoms with E-state index in [4.69, 9.17) is 0 Å². The van der Waals surface area contributed by atoms with Crippen molar-refractivity contribution >= 4 is 45.7 Å². The summed E-state index contributed by atoms with van der Waals surface area (Å²) in [7, 11) is 4.13. The van der Waals surface area contributed by atoms with Crippen molar-refractivity contribution in [2.24, 2.45) is 0 Å². The molecule has 0 bridgehead atoms. The van der Waals surface area contributed by atoms with Crippen LogP contribution in [0.4, 0.5) is 11.4 Å². The van der Waals surface area contributed by atoms with Gasteiger partial charge in [0.1, 0.15) is 5.37 Å². The third-order valence-corrected chi connectivity index (χ3v) is 5.69. The second kappa shape index (κ2) is 5.25. The topological polar surface area (TPSA) is 15.3 Å². The molecule has 1 aliphatic heterocycles. The lowest BCUT2D eigenvalue weighted by Crippen LogP contribution is -2.17. The molecule has 2 nitrogen and oxygen atoms in total. The van der Waals surface area contributed by atoms with E-state index in [1.165, 1.54) is 25.4 Å². The van der Waals surface area contributed by atoms with E-state index in [0.29, 0.717) is 5.37 Å². The minimum Gasteiger partial charge on any atom is -0.387 e. The largest absolute Gasteiger partial charge is 0.387 e. The minimum atomic E-state index is 0.372. The molecule has 98 valence electrons. The van der Waals surface area contributed by atoms with Gasteiger partial charge in [0.25, 0.3) is 0 Å². The first kappa shape index (κ1) is 13.1. The number of nitrogens with zero attached hydrogens (tertiary/aromatic N) is 1. The standard InChI is InChI=1S/C15H15IN2S/c1-17-12-8-7-10(9-11(12)16)15-18(2)13-5-3-4-6-14(13)19-15/h3-9,15,17H,1-2H3. The Hall–Kier alpha value is -0.880. The van der Waals surface area contributed by atoms with E-state index < -0.39 is 0 Å². The van der Waals surface area contributed by atoms with Crippen LogP contribution in [0.3, 0.4) is 0 Å². The molecule has 19 heavy (non-hydrogen) atoms. The number of benzene rings is 2. The average molecular weight is 382 g/mol. The predicted octanol–water partition coefficient (Wildman–Crippen LogP) is 4.57. The minimum absolute atomic E-state index is 0.372. The first-order valence-corrected chi connectivity index (χ1v) is 8.12. The number of nitrogens with one attached hydrogen (secondary N) is 1.